The third kappa shape index (κ3) is 4.83. The van der Waals surface area contributed by atoms with Crippen LogP contribution in [0, 0.1) is 0 Å². The second-order valence-corrected chi connectivity index (χ2v) is 3.38. The minimum absolute atomic E-state index is 0.104. The summed E-state index contributed by atoms with van der Waals surface area (Å²) in [5, 5.41) is 2.98. The van der Waals surface area contributed by atoms with Crippen molar-refractivity contribution in [3.05, 3.63) is 16.7 Å². The fraction of sp³-hybridized carbons (Fsp3) is 0.600. The van der Waals surface area contributed by atoms with E-state index in [0.717, 1.165) is 6.42 Å². The molecule has 0 atom stereocenters. The van der Waals surface area contributed by atoms with E-state index in [0.29, 0.717) is 32.2 Å². The number of hydrogen-bond acceptors (Lipinski definition) is 6. The Hall–Kier alpha value is -1.60. The maximum absolute atomic E-state index is 11.1. The number of anilines is 2. The number of nitrogens with zero attached hydrogens (tertiary/aromatic N) is 1. The number of H-pyrrole nitrogens is 1. The smallest absolute Gasteiger partial charge is 0.276 e. The van der Waals surface area contributed by atoms with Gasteiger partial charge in [-0.25, -0.2) is 4.98 Å². The fourth-order valence-corrected chi connectivity index (χ4v) is 1.18. The number of hydrogen-bond donors (Lipinski definition) is 3. The molecule has 1 rings (SSSR count). The van der Waals surface area contributed by atoms with Crippen LogP contribution in [-0.2, 0) is 9.47 Å². The van der Waals surface area contributed by atoms with Crippen molar-refractivity contribution in [1.29, 1.82) is 0 Å². The highest BCUT2D eigenvalue weighted by Gasteiger charge is 2.02. The molecule has 17 heavy (non-hydrogen) atoms. The van der Waals surface area contributed by atoms with Gasteiger partial charge in [0.25, 0.3) is 5.56 Å². The van der Waals surface area contributed by atoms with Gasteiger partial charge in [-0.3, -0.25) is 4.79 Å². The monoisotopic (exact) mass is 242 g/mol. The largest absolute Gasteiger partial charge is 0.391 e. The predicted octanol–water partition coefficient (Wildman–Crippen LogP) is -0.183. The van der Waals surface area contributed by atoms with E-state index in [1.165, 1.54) is 6.33 Å². The van der Waals surface area contributed by atoms with E-state index >= 15 is 0 Å². The molecule has 0 amide bonds. The highest BCUT2D eigenvalue weighted by Crippen LogP contribution is 2.06. The first-order valence-electron chi connectivity index (χ1n) is 5.39. The predicted molar refractivity (Wildman–Crippen MR) is 65.1 cm³/mol. The number of nitrogen functional groups attached to an aromatic ring is 1. The van der Waals surface area contributed by atoms with Crippen LogP contribution in [-0.4, -0.2) is 43.4 Å². The number of rotatable bonds is 8. The third-order valence-corrected chi connectivity index (χ3v) is 2.08. The summed E-state index contributed by atoms with van der Waals surface area (Å²) in [5.41, 5.74) is 5.32. The van der Waals surface area contributed by atoms with Crippen LogP contribution < -0.4 is 16.6 Å². The minimum Gasteiger partial charge on any atom is -0.391 e. The maximum atomic E-state index is 11.1. The van der Waals surface area contributed by atoms with E-state index in [9.17, 15) is 4.79 Å². The summed E-state index contributed by atoms with van der Waals surface area (Å²) in [6, 6.07) is 0. The molecule has 0 aliphatic rings. The molecule has 4 N–H and O–H groups in total. The van der Waals surface area contributed by atoms with Crippen LogP contribution in [0.5, 0.6) is 0 Å². The van der Waals surface area contributed by atoms with Crippen molar-refractivity contribution in [2.45, 2.75) is 6.42 Å². The number of aromatic nitrogens is 2. The Morgan fingerprint density at radius 1 is 1.47 bits per heavy atom. The van der Waals surface area contributed by atoms with Gasteiger partial charge in [-0.2, -0.15) is 0 Å². The summed E-state index contributed by atoms with van der Waals surface area (Å²) in [5.74, 6) is 0.408. The Morgan fingerprint density at radius 3 is 3.06 bits per heavy atom. The van der Waals surface area contributed by atoms with E-state index in [1.807, 2.05) is 0 Å². The average Bonchev–Trinajstić information content (AvgIpc) is 2.33. The molecule has 1 aromatic rings. The molecule has 7 nitrogen and oxygen atoms in total. The molecule has 0 spiro atoms. The molecule has 0 unspecified atom stereocenters. The molecule has 0 aliphatic heterocycles. The van der Waals surface area contributed by atoms with Crippen LogP contribution in [0.25, 0.3) is 0 Å². The summed E-state index contributed by atoms with van der Waals surface area (Å²) in [6.07, 6.45) is 2.12. The summed E-state index contributed by atoms with van der Waals surface area (Å²) in [7, 11) is 1.63. The highest BCUT2D eigenvalue weighted by molar-refractivity contribution is 5.58. The van der Waals surface area contributed by atoms with E-state index in [1.54, 1.807) is 7.11 Å². The molecule has 1 heterocycles. The van der Waals surface area contributed by atoms with Gasteiger partial charge in [0.1, 0.15) is 5.69 Å². The number of nitrogens with one attached hydrogen (secondary N) is 2. The summed E-state index contributed by atoms with van der Waals surface area (Å²) >= 11 is 0. The zero-order valence-corrected chi connectivity index (χ0v) is 9.86. The minimum atomic E-state index is -0.334. The van der Waals surface area contributed by atoms with Gasteiger partial charge in [0, 0.05) is 20.3 Å². The molecular formula is C10H18N4O3. The Labute approximate surface area is 99.3 Å². The molecule has 7 heteroatoms. The molecule has 0 bridgehead atoms. The van der Waals surface area contributed by atoms with Crippen molar-refractivity contribution < 1.29 is 9.47 Å². The zero-order chi connectivity index (χ0) is 12.5. The van der Waals surface area contributed by atoms with Crippen LogP contribution in [0.4, 0.5) is 11.5 Å². The van der Waals surface area contributed by atoms with Gasteiger partial charge < -0.3 is 25.5 Å². The summed E-state index contributed by atoms with van der Waals surface area (Å²) < 4.78 is 10.1. The summed E-state index contributed by atoms with van der Waals surface area (Å²) in [6.45, 7) is 2.45. The van der Waals surface area contributed by atoms with Gasteiger partial charge in [0.2, 0.25) is 0 Å². The fourth-order valence-electron chi connectivity index (χ4n) is 1.18. The average molecular weight is 242 g/mol. The lowest BCUT2D eigenvalue weighted by molar-refractivity contribution is 0.0705. The van der Waals surface area contributed by atoms with E-state index < -0.39 is 0 Å². The standard InChI is InChI=1S/C10H18N4O3/c1-16-5-6-17-4-2-3-12-9-8(11)10(15)14-7-13-9/h7H,2-6,11H2,1H3,(H2,12,13,14,15). The Balaban J connectivity index is 2.18. The number of methoxy groups -OCH3 is 1. The maximum Gasteiger partial charge on any atom is 0.276 e. The van der Waals surface area contributed by atoms with Gasteiger partial charge in [-0.15, -0.1) is 0 Å². The molecule has 0 fully saturated rings. The van der Waals surface area contributed by atoms with Crippen molar-refractivity contribution >= 4 is 11.5 Å². The second kappa shape index (κ2) is 7.64. The van der Waals surface area contributed by atoms with Crippen molar-refractivity contribution in [1.82, 2.24) is 9.97 Å². The Kier molecular flexibility index (Phi) is 6.05. The lowest BCUT2D eigenvalue weighted by Crippen LogP contribution is -2.17. The molecule has 1 aromatic heterocycles. The van der Waals surface area contributed by atoms with Crippen molar-refractivity contribution in [2.75, 3.05) is 44.5 Å². The first-order valence-corrected chi connectivity index (χ1v) is 5.39. The molecule has 0 aliphatic carbocycles. The molecule has 0 saturated heterocycles. The van der Waals surface area contributed by atoms with Crippen LogP contribution in [0.15, 0.2) is 11.1 Å². The molecular weight excluding hydrogens is 224 g/mol. The van der Waals surface area contributed by atoms with Crippen LogP contribution in [0.2, 0.25) is 0 Å². The van der Waals surface area contributed by atoms with Crippen molar-refractivity contribution in [2.24, 2.45) is 0 Å². The zero-order valence-electron chi connectivity index (χ0n) is 9.86. The number of nitrogens with two attached hydrogens (primary N) is 1. The quantitative estimate of drug-likeness (QED) is 0.546. The van der Waals surface area contributed by atoms with Crippen molar-refractivity contribution in [3.8, 4) is 0 Å². The molecule has 96 valence electrons. The topological polar surface area (TPSA) is 102 Å². The molecule has 0 saturated carbocycles. The van der Waals surface area contributed by atoms with Crippen LogP contribution in [0.1, 0.15) is 6.42 Å². The second-order valence-electron chi connectivity index (χ2n) is 3.38. The first-order chi connectivity index (χ1) is 8.25. The third-order valence-electron chi connectivity index (χ3n) is 2.08. The Bertz CT molecular complexity index is 380. The highest BCUT2D eigenvalue weighted by atomic mass is 16.5. The SMILES string of the molecule is COCCOCCCNc1nc[nH]c(=O)c1N. The van der Waals surface area contributed by atoms with E-state index in [-0.39, 0.29) is 11.2 Å². The Morgan fingerprint density at radius 2 is 2.29 bits per heavy atom. The molecule has 0 radical (unpaired) electrons. The van der Waals surface area contributed by atoms with Crippen LogP contribution in [0.3, 0.4) is 0 Å². The van der Waals surface area contributed by atoms with Gasteiger partial charge in [0.15, 0.2) is 5.82 Å². The van der Waals surface area contributed by atoms with Gasteiger partial charge in [0.05, 0.1) is 19.5 Å². The lowest BCUT2D eigenvalue weighted by atomic mass is 10.4. The van der Waals surface area contributed by atoms with Gasteiger partial charge in [-0.05, 0) is 6.42 Å². The lowest BCUT2D eigenvalue weighted by Gasteiger charge is -2.07. The first kappa shape index (κ1) is 13.5. The van der Waals surface area contributed by atoms with E-state index in [2.05, 4.69) is 15.3 Å². The van der Waals surface area contributed by atoms with Gasteiger partial charge >= 0.3 is 0 Å². The van der Waals surface area contributed by atoms with Crippen molar-refractivity contribution in [3.63, 3.8) is 0 Å². The number of ether oxygens (including phenoxy) is 2. The van der Waals surface area contributed by atoms with Gasteiger partial charge in [-0.1, -0.05) is 0 Å². The number of aromatic amines is 1. The molecule has 0 aromatic carbocycles. The normalized spacial score (nSPS) is 10.4. The summed E-state index contributed by atoms with van der Waals surface area (Å²) in [4.78, 5) is 17.5. The van der Waals surface area contributed by atoms with E-state index in [4.69, 9.17) is 15.2 Å². The van der Waals surface area contributed by atoms with Crippen LogP contribution >= 0.6 is 0 Å².